The number of hydrogen-bond donors (Lipinski definition) is 0. The molecule has 0 saturated heterocycles. The number of carbonyl (C=O) groups is 1. The molecule has 0 saturated carbocycles. The van der Waals surface area contributed by atoms with Gasteiger partial charge in [0.1, 0.15) is 0 Å². The lowest BCUT2D eigenvalue weighted by Crippen LogP contribution is -2.03. The van der Waals surface area contributed by atoms with Gasteiger partial charge in [-0.25, -0.2) is 4.79 Å². The molecule has 0 amide bonds. The van der Waals surface area contributed by atoms with Gasteiger partial charge in [0.05, 0.1) is 12.7 Å². The molecule has 2 aromatic carbocycles. The number of methoxy groups -OCH3 is 1. The van der Waals surface area contributed by atoms with E-state index in [2.05, 4.69) is 4.98 Å². The van der Waals surface area contributed by atoms with Crippen LogP contribution in [-0.4, -0.2) is 18.1 Å². The van der Waals surface area contributed by atoms with Gasteiger partial charge in [0.25, 0.3) is 0 Å². The zero-order valence-corrected chi connectivity index (χ0v) is 11.0. The molecule has 20 heavy (non-hydrogen) atoms. The van der Waals surface area contributed by atoms with Crippen LogP contribution in [0, 0.1) is 0 Å². The molecule has 1 heterocycles. The fourth-order valence-electron chi connectivity index (χ4n) is 2.34. The average Bonchev–Trinajstić information content (AvgIpc) is 2.53. The summed E-state index contributed by atoms with van der Waals surface area (Å²) in [6.45, 7) is 0. The van der Waals surface area contributed by atoms with Crippen molar-refractivity contribution in [3.8, 4) is 11.1 Å². The summed E-state index contributed by atoms with van der Waals surface area (Å²) >= 11 is 0. The highest BCUT2D eigenvalue weighted by atomic mass is 16.5. The van der Waals surface area contributed by atoms with Crippen molar-refractivity contribution in [2.45, 2.75) is 0 Å². The fraction of sp³-hybridized carbons (Fsp3) is 0.0588. The highest BCUT2D eigenvalue weighted by Gasteiger charge is 2.14. The summed E-state index contributed by atoms with van der Waals surface area (Å²) in [6.07, 6.45) is 3.60. The first-order valence-electron chi connectivity index (χ1n) is 6.31. The fourth-order valence-corrected chi connectivity index (χ4v) is 2.34. The standard InChI is InChI=1S/C17H13NO2/c1-20-17(19)15-9-5-4-8-14(15)16-11-18-10-12-6-2-3-7-13(12)16/h2-11H,1H3. The maximum Gasteiger partial charge on any atom is 0.338 e. The Labute approximate surface area is 116 Å². The Morgan fingerprint density at radius 1 is 0.950 bits per heavy atom. The van der Waals surface area contributed by atoms with Gasteiger partial charge in [-0.05, 0) is 17.0 Å². The smallest absolute Gasteiger partial charge is 0.338 e. The summed E-state index contributed by atoms with van der Waals surface area (Å²) in [5.74, 6) is -0.339. The van der Waals surface area contributed by atoms with E-state index in [0.717, 1.165) is 21.9 Å². The molecule has 3 nitrogen and oxygen atoms in total. The Balaban J connectivity index is 2.29. The van der Waals surface area contributed by atoms with Crippen molar-refractivity contribution in [2.75, 3.05) is 7.11 Å². The van der Waals surface area contributed by atoms with E-state index in [0.29, 0.717) is 5.56 Å². The minimum absolute atomic E-state index is 0.339. The number of pyridine rings is 1. The maximum absolute atomic E-state index is 11.9. The van der Waals surface area contributed by atoms with Crippen molar-refractivity contribution in [3.63, 3.8) is 0 Å². The number of esters is 1. The van der Waals surface area contributed by atoms with Crippen LogP contribution in [0.3, 0.4) is 0 Å². The van der Waals surface area contributed by atoms with Crippen LogP contribution in [-0.2, 0) is 4.74 Å². The topological polar surface area (TPSA) is 39.2 Å². The third-order valence-electron chi connectivity index (χ3n) is 3.29. The molecular formula is C17H13NO2. The molecule has 3 rings (SSSR count). The molecule has 98 valence electrons. The molecule has 0 bridgehead atoms. The van der Waals surface area contributed by atoms with Crippen LogP contribution in [0.5, 0.6) is 0 Å². The van der Waals surface area contributed by atoms with Gasteiger partial charge in [0, 0.05) is 23.3 Å². The quantitative estimate of drug-likeness (QED) is 0.662. The van der Waals surface area contributed by atoms with E-state index in [9.17, 15) is 4.79 Å². The Morgan fingerprint density at radius 2 is 1.70 bits per heavy atom. The zero-order valence-electron chi connectivity index (χ0n) is 11.0. The summed E-state index contributed by atoms with van der Waals surface area (Å²) in [4.78, 5) is 16.2. The van der Waals surface area contributed by atoms with Crippen molar-refractivity contribution in [1.29, 1.82) is 0 Å². The van der Waals surface area contributed by atoms with E-state index < -0.39 is 0 Å². The Hall–Kier alpha value is -2.68. The van der Waals surface area contributed by atoms with Gasteiger partial charge in [0.2, 0.25) is 0 Å². The van der Waals surface area contributed by atoms with E-state index in [4.69, 9.17) is 4.74 Å². The highest BCUT2D eigenvalue weighted by Crippen LogP contribution is 2.30. The van der Waals surface area contributed by atoms with Crippen molar-refractivity contribution in [3.05, 3.63) is 66.5 Å². The van der Waals surface area contributed by atoms with E-state index in [1.165, 1.54) is 7.11 Å². The first-order chi connectivity index (χ1) is 9.81. The molecular weight excluding hydrogens is 250 g/mol. The predicted octanol–water partition coefficient (Wildman–Crippen LogP) is 3.69. The van der Waals surface area contributed by atoms with Crippen LogP contribution in [0.15, 0.2) is 60.9 Å². The van der Waals surface area contributed by atoms with Crippen molar-refractivity contribution in [1.82, 2.24) is 4.98 Å². The summed E-state index contributed by atoms with van der Waals surface area (Å²) < 4.78 is 4.85. The summed E-state index contributed by atoms with van der Waals surface area (Å²) in [7, 11) is 1.39. The summed E-state index contributed by atoms with van der Waals surface area (Å²) in [5.41, 5.74) is 2.32. The number of carbonyl (C=O) groups excluding carboxylic acids is 1. The molecule has 0 N–H and O–H groups in total. The molecule has 0 aliphatic heterocycles. The second kappa shape index (κ2) is 5.13. The lowest BCUT2D eigenvalue weighted by Gasteiger charge is -2.10. The Bertz CT molecular complexity index is 775. The van der Waals surface area contributed by atoms with Crippen LogP contribution in [0.2, 0.25) is 0 Å². The molecule has 0 unspecified atom stereocenters. The predicted molar refractivity (Wildman–Crippen MR) is 78.5 cm³/mol. The average molecular weight is 263 g/mol. The van der Waals surface area contributed by atoms with Gasteiger partial charge >= 0.3 is 5.97 Å². The molecule has 3 heteroatoms. The highest BCUT2D eigenvalue weighted by molar-refractivity contribution is 6.03. The SMILES string of the molecule is COC(=O)c1ccccc1-c1cncc2ccccc12. The number of aromatic nitrogens is 1. The lowest BCUT2D eigenvalue weighted by atomic mass is 9.97. The van der Waals surface area contributed by atoms with E-state index in [-0.39, 0.29) is 5.97 Å². The lowest BCUT2D eigenvalue weighted by molar-refractivity contribution is 0.0601. The number of rotatable bonds is 2. The third kappa shape index (κ3) is 2.03. The molecule has 0 atom stereocenters. The Kier molecular flexibility index (Phi) is 3.17. The molecule has 0 aliphatic rings. The van der Waals surface area contributed by atoms with Crippen LogP contribution < -0.4 is 0 Å². The first kappa shape index (κ1) is 12.4. The van der Waals surface area contributed by atoms with Gasteiger partial charge < -0.3 is 4.74 Å². The van der Waals surface area contributed by atoms with Crippen LogP contribution in [0.1, 0.15) is 10.4 Å². The molecule has 0 spiro atoms. The summed E-state index contributed by atoms with van der Waals surface area (Å²) in [6, 6.07) is 15.4. The van der Waals surface area contributed by atoms with Crippen molar-refractivity contribution >= 4 is 16.7 Å². The maximum atomic E-state index is 11.9. The van der Waals surface area contributed by atoms with Crippen LogP contribution in [0.4, 0.5) is 0 Å². The van der Waals surface area contributed by atoms with Gasteiger partial charge in [-0.3, -0.25) is 4.98 Å². The van der Waals surface area contributed by atoms with Crippen molar-refractivity contribution in [2.24, 2.45) is 0 Å². The molecule has 0 radical (unpaired) electrons. The third-order valence-corrected chi connectivity index (χ3v) is 3.29. The molecule has 0 aliphatic carbocycles. The largest absolute Gasteiger partial charge is 0.465 e. The monoisotopic (exact) mass is 263 g/mol. The Morgan fingerprint density at radius 3 is 2.55 bits per heavy atom. The minimum Gasteiger partial charge on any atom is -0.465 e. The molecule has 3 aromatic rings. The minimum atomic E-state index is -0.339. The van der Waals surface area contributed by atoms with Gasteiger partial charge in [-0.1, -0.05) is 42.5 Å². The van der Waals surface area contributed by atoms with E-state index >= 15 is 0 Å². The number of fused-ring (bicyclic) bond motifs is 1. The second-order valence-electron chi connectivity index (χ2n) is 4.45. The molecule has 1 aromatic heterocycles. The van der Waals surface area contributed by atoms with Gasteiger partial charge in [0.15, 0.2) is 0 Å². The van der Waals surface area contributed by atoms with Crippen molar-refractivity contribution < 1.29 is 9.53 Å². The second-order valence-corrected chi connectivity index (χ2v) is 4.45. The van der Waals surface area contributed by atoms with Gasteiger partial charge in [-0.2, -0.15) is 0 Å². The van der Waals surface area contributed by atoms with E-state index in [1.807, 2.05) is 48.7 Å². The number of benzene rings is 2. The van der Waals surface area contributed by atoms with Crippen LogP contribution >= 0.6 is 0 Å². The zero-order chi connectivity index (χ0) is 13.9. The summed E-state index contributed by atoms with van der Waals surface area (Å²) in [5, 5.41) is 2.11. The normalized spacial score (nSPS) is 10.4. The first-order valence-corrected chi connectivity index (χ1v) is 6.31. The molecule has 0 fully saturated rings. The number of hydrogen-bond acceptors (Lipinski definition) is 3. The van der Waals surface area contributed by atoms with Gasteiger partial charge in [-0.15, -0.1) is 0 Å². The van der Waals surface area contributed by atoms with Crippen LogP contribution in [0.25, 0.3) is 21.9 Å². The number of ether oxygens (including phenoxy) is 1. The number of nitrogens with zero attached hydrogens (tertiary/aromatic N) is 1. The van der Waals surface area contributed by atoms with E-state index in [1.54, 1.807) is 12.3 Å².